The molecule has 2 aromatic rings. The van der Waals surface area contributed by atoms with Gasteiger partial charge in [-0.2, -0.15) is 0 Å². The SMILES string of the molecule is Nc1nc(Cl)cc(-c2cccc(F)c2)n1. The van der Waals surface area contributed by atoms with E-state index in [1.54, 1.807) is 12.1 Å². The van der Waals surface area contributed by atoms with Crippen molar-refractivity contribution in [2.75, 3.05) is 5.73 Å². The summed E-state index contributed by atoms with van der Waals surface area (Å²) < 4.78 is 12.9. The first kappa shape index (κ1) is 9.86. The first-order valence-electron chi connectivity index (χ1n) is 4.21. The van der Waals surface area contributed by atoms with E-state index in [4.69, 9.17) is 17.3 Å². The van der Waals surface area contributed by atoms with Crippen LogP contribution >= 0.6 is 11.6 Å². The summed E-state index contributed by atoms with van der Waals surface area (Å²) in [6.07, 6.45) is 0. The number of nitrogens with zero attached hydrogens (tertiary/aromatic N) is 2. The van der Waals surface area contributed by atoms with Gasteiger partial charge in [-0.25, -0.2) is 14.4 Å². The molecule has 0 amide bonds. The summed E-state index contributed by atoms with van der Waals surface area (Å²) in [5.41, 5.74) is 6.56. The fourth-order valence-electron chi connectivity index (χ4n) is 1.23. The van der Waals surface area contributed by atoms with Crippen molar-refractivity contribution in [2.24, 2.45) is 0 Å². The van der Waals surface area contributed by atoms with E-state index in [9.17, 15) is 4.39 Å². The van der Waals surface area contributed by atoms with E-state index in [2.05, 4.69) is 9.97 Å². The number of benzene rings is 1. The average molecular weight is 224 g/mol. The van der Waals surface area contributed by atoms with E-state index in [-0.39, 0.29) is 16.9 Å². The Balaban J connectivity index is 2.54. The monoisotopic (exact) mass is 223 g/mol. The normalized spacial score (nSPS) is 10.3. The zero-order chi connectivity index (χ0) is 10.8. The van der Waals surface area contributed by atoms with Gasteiger partial charge >= 0.3 is 0 Å². The summed E-state index contributed by atoms with van der Waals surface area (Å²) in [6.45, 7) is 0. The Morgan fingerprint density at radius 3 is 2.67 bits per heavy atom. The highest BCUT2D eigenvalue weighted by molar-refractivity contribution is 6.29. The van der Waals surface area contributed by atoms with Crippen molar-refractivity contribution >= 4 is 17.5 Å². The highest BCUT2D eigenvalue weighted by Gasteiger charge is 2.04. The summed E-state index contributed by atoms with van der Waals surface area (Å²) in [6, 6.07) is 7.57. The van der Waals surface area contributed by atoms with Crippen molar-refractivity contribution < 1.29 is 4.39 Å². The van der Waals surface area contributed by atoms with Crippen molar-refractivity contribution in [1.82, 2.24) is 9.97 Å². The van der Waals surface area contributed by atoms with Crippen molar-refractivity contribution in [2.45, 2.75) is 0 Å². The molecule has 0 spiro atoms. The van der Waals surface area contributed by atoms with E-state index in [0.29, 0.717) is 11.3 Å². The molecule has 3 nitrogen and oxygen atoms in total. The molecule has 0 unspecified atom stereocenters. The number of anilines is 1. The second kappa shape index (κ2) is 3.82. The van der Waals surface area contributed by atoms with Gasteiger partial charge in [0.25, 0.3) is 0 Å². The number of nitrogen functional groups attached to an aromatic ring is 1. The van der Waals surface area contributed by atoms with Crippen LogP contribution in [-0.4, -0.2) is 9.97 Å². The van der Waals surface area contributed by atoms with E-state index in [1.807, 2.05) is 0 Å². The Kier molecular flexibility index (Phi) is 2.51. The van der Waals surface area contributed by atoms with E-state index in [0.717, 1.165) is 0 Å². The van der Waals surface area contributed by atoms with Gasteiger partial charge in [0.1, 0.15) is 11.0 Å². The van der Waals surface area contributed by atoms with Crippen LogP contribution < -0.4 is 5.73 Å². The summed E-state index contributed by atoms with van der Waals surface area (Å²) >= 11 is 5.71. The molecule has 0 atom stereocenters. The van der Waals surface area contributed by atoms with Crippen LogP contribution in [0, 0.1) is 5.82 Å². The van der Waals surface area contributed by atoms with E-state index >= 15 is 0 Å². The molecule has 15 heavy (non-hydrogen) atoms. The van der Waals surface area contributed by atoms with Crippen LogP contribution in [-0.2, 0) is 0 Å². The quantitative estimate of drug-likeness (QED) is 0.756. The third kappa shape index (κ3) is 2.22. The highest BCUT2D eigenvalue weighted by Crippen LogP contribution is 2.21. The van der Waals surface area contributed by atoms with Gasteiger partial charge in [0.15, 0.2) is 0 Å². The van der Waals surface area contributed by atoms with Gasteiger partial charge in [-0.3, -0.25) is 0 Å². The Hall–Kier alpha value is -1.68. The predicted molar refractivity (Wildman–Crippen MR) is 56.8 cm³/mol. The molecule has 0 bridgehead atoms. The second-order valence-corrected chi connectivity index (χ2v) is 3.33. The maximum absolute atomic E-state index is 12.9. The van der Waals surface area contributed by atoms with Crippen LogP contribution in [0.5, 0.6) is 0 Å². The number of halogens is 2. The Bertz CT molecular complexity index is 482. The molecule has 0 aliphatic rings. The number of hydrogen-bond acceptors (Lipinski definition) is 3. The number of rotatable bonds is 1. The summed E-state index contributed by atoms with van der Waals surface area (Å²) in [5.74, 6) is -0.262. The molecule has 0 radical (unpaired) electrons. The first-order chi connectivity index (χ1) is 7.15. The van der Waals surface area contributed by atoms with Gasteiger partial charge in [-0.1, -0.05) is 23.7 Å². The fraction of sp³-hybridized carbons (Fsp3) is 0. The third-order valence-corrected chi connectivity index (χ3v) is 2.03. The molecule has 0 aliphatic carbocycles. The van der Waals surface area contributed by atoms with Crippen molar-refractivity contribution in [3.05, 3.63) is 41.3 Å². The Morgan fingerprint density at radius 1 is 1.20 bits per heavy atom. The maximum atomic E-state index is 12.9. The summed E-state index contributed by atoms with van der Waals surface area (Å²) in [4.78, 5) is 7.68. The number of aromatic nitrogens is 2. The minimum atomic E-state index is -0.333. The number of nitrogens with two attached hydrogens (primary N) is 1. The average Bonchev–Trinajstić information content (AvgIpc) is 2.16. The van der Waals surface area contributed by atoms with Crippen molar-refractivity contribution in [3.63, 3.8) is 0 Å². The fourth-order valence-corrected chi connectivity index (χ4v) is 1.42. The van der Waals surface area contributed by atoms with Crippen LogP contribution in [0.15, 0.2) is 30.3 Å². The third-order valence-electron chi connectivity index (χ3n) is 1.83. The smallest absolute Gasteiger partial charge is 0.221 e. The lowest BCUT2D eigenvalue weighted by molar-refractivity contribution is 0.628. The van der Waals surface area contributed by atoms with Crippen LogP contribution in [0.1, 0.15) is 0 Å². The van der Waals surface area contributed by atoms with Gasteiger partial charge in [0.05, 0.1) is 5.69 Å². The summed E-state index contributed by atoms with van der Waals surface area (Å²) in [7, 11) is 0. The topological polar surface area (TPSA) is 51.8 Å². The minimum Gasteiger partial charge on any atom is -0.368 e. The predicted octanol–water partition coefficient (Wildman–Crippen LogP) is 2.52. The first-order valence-corrected chi connectivity index (χ1v) is 4.59. The lowest BCUT2D eigenvalue weighted by Gasteiger charge is -2.02. The molecule has 2 N–H and O–H groups in total. The minimum absolute atomic E-state index is 0.0711. The van der Waals surface area contributed by atoms with Gasteiger partial charge < -0.3 is 5.73 Å². The van der Waals surface area contributed by atoms with Crippen LogP contribution in [0.4, 0.5) is 10.3 Å². The molecule has 0 saturated carbocycles. The Labute approximate surface area is 90.7 Å². The van der Waals surface area contributed by atoms with Crippen LogP contribution in [0.25, 0.3) is 11.3 Å². The largest absolute Gasteiger partial charge is 0.368 e. The molecule has 0 fully saturated rings. The zero-order valence-electron chi connectivity index (χ0n) is 7.61. The molecule has 1 aromatic heterocycles. The molecule has 1 aromatic carbocycles. The molecule has 0 saturated heterocycles. The molecule has 1 heterocycles. The highest BCUT2D eigenvalue weighted by atomic mass is 35.5. The van der Waals surface area contributed by atoms with E-state index in [1.165, 1.54) is 18.2 Å². The Morgan fingerprint density at radius 2 is 2.00 bits per heavy atom. The number of hydrogen-bond donors (Lipinski definition) is 1. The van der Waals surface area contributed by atoms with Gasteiger partial charge in [-0.05, 0) is 12.1 Å². The van der Waals surface area contributed by atoms with Gasteiger partial charge in [0.2, 0.25) is 5.95 Å². The standard InChI is InChI=1S/C10H7ClFN3/c11-9-5-8(14-10(13)15-9)6-2-1-3-7(12)4-6/h1-5H,(H2,13,14,15). The molecular weight excluding hydrogens is 217 g/mol. The molecular formula is C10H7ClFN3. The van der Waals surface area contributed by atoms with E-state index < -0.39 is 0 Å². The lowest BCUT2D eigenvalue weighted by atomic mass is 10.1. The maximum Gasteiger partial charge on any atom is 0.221 e. The van der Waals surface area contributed by atoms with Crippen molar-refractivity contribution in [1.29, 1.82) is 0 Å². The zero-order valence-corrected chi connectivity index (χ0v) is 8.37. The lowest BCUT2D eigenvalue weighted by Crippen LogP contribution is -1.96. The van der Waals surface area contributed by atoms with Crippen molar-refractivity contribution in [3.8, 4) is 11.3 Å². The molecule has 76 valence electrons. The van der Waals surface area contributed by atoms with Gasteiger partial charge in [0, 0.05) is 11.6 Å². The second-order valence-electron chi connectivity index (χ2n) is 2.94. The van der Waals surface area contributed by atoms with Crippen LogP contribution in [0.3, 0.4) is 0 Å². The molecule has 5 heteroatoms. The van der Waals surface area contributed by atoms with Crippen LogP contribution in [0.2, 0.25) is 5.15 Å². The summed E-state index contributed by atoms with van der Waals surface area (Å²) in [5, 5.41) is 0.238. The van der Waals surface area contributed by atoms with Gasteiger partial charge in [-0.15, -0.1) is 0 Å². The molecule has 2 rings (SSSR count). The molecule has 0 aliphatic heterocycles.